The zero-order chi connectivity index (χ0) is 17.3. The summed E-state index contributed by atoms with van der Waals surface area (Å²) < 4.78 is 0. The van der Waals surface area contributed by atoms with Gasteiger partial charge in [-0.05, 0) is 51.3 Å². The van der Waals surface area contributed by atoms with E-state index in [9.17, 15) is 0 Å². The molecule has 0 radical (unpaired) electrons. The fourth-order valence-corrected chi connectivity index (χ4v) is 4.04. The zero-order valence-electron chi connectivity index (χ0n) is 15.9. The highest BCUT2D eigenvalue weighted by Gasteiger charge is 2.20. The molecule has 0 saturated carbocycles. The van der Waals surface area contributed by atoms with Crippen LogP contribution in [0.4, 0.5) is 11.8 Å². The van der Waals surface area contributed by atoms with Crippen LogP contribution in [-0.2, 0) is 0 Å². The van der Waals surface area contributed by atoms with E-state index in [0.717, 1.165) is 31.4 Å². The van der Waals surface area contributed by atoms with E-state index < -0.39 is 0 Å². The monoisotopic (exact) mass is 345 g/mol. The van der Waals surface area contributed by atoms with Gasteiger partial charge in [-0.15, -0.1) is 0 Å². The van der Waals surface area contributed by atoms with Crippen molar-refractivity contribution in [2.75, 3.05) is 42.9 Å². The van der Waals surface area contributed by atoms with E-state index in [-0.39, 0.29) is 0 Å². The Kier molecular flexibility index (Phi) is 7.34. The van der Waals surface area contributed by atoms with Crippen molar-refractivity contribution < 1.29 is 0 Å². The molecular formula is C20H35N5. The largest absolute Gasteiger partial charge is 0.356 e. The normalized spacial score (nSPS) is 22.6. The number of piperidine rings is 1. The molecule has 5 nitrogen and oxygen atoms in total. The zero-order valence-corrected chi connectivity index (χ0v) is 15.9. The van der Waals surface area contributed by atoms with Crippen molar-refractivity contribution in [1.29, 1.82) is 0 Å². The number of hydrogen-bond donors (Lipinski definition) is 1. The maximum atomic E-state index is 4.82. The van der Waals surface area contributed by atoms with E-state index in [0.29, 0.717) is 6.04 Å². The first-order chi connectivity index (χ1) is 12.3. The topological polar surface area (TPSA) is 44.3 Å². The van der Waals surface area contributed by atoms with Crippen LogP contribution in [0.3, 0.4) is 0 Å². The van der Waals surface area contributed by atoms with E-state index in [1.54, 1.807) is 0 Å². The quantitative estimate of drug-likeness (QED) is 0.759. The fourth-order valence-electron chi connectivity index (χ4n) is 4.04. The molecule has 1 aromatic rings. The molecule has 1 aromatic heterocycles. The van der Waals surface area contributed by atoms with Gasteiger partial charge in [0.15, 0.2) is 0 Å². The van der Waals surface area contributed by atoms with Crippen molar-refractivity contribution in [3.05, 3.63) is 12.3 Å². The molecule has 5 heteroatoms. The van der Waals surface area contributed by atoms with Crippen LogP contribution in [-0.4, -0.2) is 53.6 Å². The molecule has 2 aliphatic rings. The number of rotatable bonds is 7. The van der Waals surface area contributed by atoms with Gasteiger partial charge in [-0.25, -0.2) is 4.98 Å². The molecule has 3 rings (SSSR count). The van der Waals surface area contributed by atoms with Crippen LogP contribution < -0.4 is 10.2 Å². The molecule has 140 valence electrons. The lowest BCUT2D eigenvalue weighted by molar-refractivity contribution is 0.212. The number of anilines is 2. The average molecular weight is 346 g/mol. The Morgan fingerprint density at radius 2 is 1.92 bits per heavy atom. The van der Waals surface area contributed by atoms with Gasteiger partial charge in [0.1, 0.15) is 5.82 Å². The van der Waals surface area contributed by atoms with E-state index in [1.807, 2.05) is 6.20 Å². The second kappa shape index (κ2) is 9.95. The molecule has 2 fully saturated rings. The number of aromatic nitrogens is 2. The number of unbranched alkanes of at least 4 members (excludes halogenated alkanes) is 2. The van der Waals surface area contributed by atoms with Crippen LogP contribution in [0.5, 0.6) is 0 Å². The molecule has 0 aromatic carbocycles. The summed E-state index contributed by atoms with van der Waals surface area (Å²) in [5.74, 6) is 1.90. The first-order valence-electron chi connectivity index (χ1n) is 10.4. The average Bonchev–Trinajstić information content (AvgIpc) is 2.92. The van der Waals surface area contributed by atoms with Crippen LogP contribution in [0, 0.1) is 0 Å². The number of hydrogen-bond acceptors (Lipinski definition) is 5. The highest BCUT2D eigenvalue weighted by Crippen LogP contribution is 2.19. The summed E-state index contributed by atoms with van der Waals surface area (Å²) >= 11 is 0. The molecule has 25 heavy (non-hydrogen) atoms. The molecule has 0 aliphatic carbocycles. The predicted octanol–water partition coefficient (Wildman–Crippen LogP) is 3.92. The van der Waals surface area contributed by atoms with Gasteiger partial charge in [0.2, 0.25) is 5.95 Å². The highest BCUT2D eigenvalue weighted by atomic mass is 15.2. The molecule has 3 heterocycles. The standard InChI is InChI=1S/C20H35N5/c1-2-3-6-13-24-14-9-10-18(17-24)22-20-21-12-11-19(23-20)25-15-7-4-5-8-16-25/h11-12,18H,2-10,13-17H2,1H3,(H,21,22,23). The molecule has 1 N–H and O–H groups in total. The van der Waals surface area contributed by atoms with Gasteiger partial charge in [0.05, 0.1) is 0 Å². The lowest BCUT2D eigenvalue weighted by Crippen LogP contribution is -2.42. The summed E-state index contributed by atoms with van der Waals surface area (Å²) in [5, 5.41) is 3.61. The Labute approximate surface area is 153 Å². The minimum atomic E-state index is 0.481. The van der Waals surface area contributed by atoms with Crippen LogP contribution >= 0.6 is 0 Å². The van der Waals surface area contributed by atoms with Gasteiger partial charge in [-0.1, -0.05) is 32.6 Å². The van der Waals surface area contributed by atoms with Gasteiger partial charge in [0.25, 0.3) is 0 Å². The number of nitrogens with zero attached hydrogens (tertiary/aromatic N) is 4. The van der Waals surface area contributed by atoms with Gasteiger partial charge < -0.3 is 15.1 Å². The van der Waals surface area contributed by atoms with Crippen LogP contribution in [0.2, 0.25) is 0 Å². The van der Waals surface area contributed by atoms with Crippen molar-refractivity contribution in [2.45, 2.75) is 70.8 Å². The Balaban J connectivity index is 1.54. The van der Waals surface area contributed by atoms with E-state index >= 15 is 0 Å². The summed E-state index contributed by atoms with van der Waals surface area (Å²) in [7, 11) is 0. The molecule has 1 unspecified atom stereocenters. The molecule has 0 amide bonds. The van der Waals surface area contributed by atoms with Gasteiger partial charge in [-0.2, -0.15) is 4.98 Å². The van der Waals surface area contributed by atoms with Crippen LogP contribution in [0.25, 0.3) is 0 Å². The van der Waals surface area contributed by atoms with Gasteiger partial charge >= 0.3 is 0 Å². The summed E-state index contributed by atoms with van der Waals surface area (Å²) in [4.78, 5) is 14.3. The van der Waals surface area contributed by atoms with Crippen molar-refractivity contribution in [2.24, 2.45) is 0 Å². The molecule has 2 aliphatic heterocycles. The lowest BCUT2D eigenvalue weighted by atomic mass is 10.1. The first-order valence-corrected chi connectivity index (χ1v) is 10.4. The third kappa shape index (κ3) is 5.84. The van der Waals surface area contributed by atoms with Gasteiger partial charge in [0, 0.05) is 31.9 Å². The SMILES string of the molecule is CCCCCN1CCCC(Nc2nccc(N3CCCCCC3)n2)C1. The number of nitrogens with one attached hydrogen (secondary N) is 1. The van der Waals surface area contributed by atoms with E-state index in [1.165, 1.54) is 70.9 Å². The molecule has 2 saturated heterocycles. The first kappa shape index (κ1) is 18.4. The van der Waals surface area contributed by atoms with E-state index in [4.69, 9.17) is 4.98 Å². The number of likely N-dealkylation sites (tertiary alicyclic amines) is 1. The predicted molar refractivity (Wildman–Crippen MR) is 105 cm³/mol. The van der Waals surface area contributed by atoms with Gasteiger partial charge in [-0.3, -0.25) is 0 Å². The van der Waals surface area contributed by atoms with Crippen molar-refractivity contribution in [3.8, 4) is 0 Å². The highest BCUT2D eigenvalue weighted by molar-refractivity contribution is 5.43. The Morgan fingerprint density at radius 1 is 1.08 bits per heavy atom. The lowest BCUT2D eigenvalue weighted by Gasteiger charge is -2.33. The van der Waals surface area contributed by atoms with Crippen molar-refractivity contribution in [1.82, 2.24) is 14.9 Å². The Morgan fingerprint density at radius 3 is 2.72 bits per heavy atom. The minimum Gasteiger partial charge on any atom is -0.356 e. The maximum absolute atomic E-state index is 4.82. The third-order valence-electron chi connectivity index (χ3n) is 5.49. The second-order valence-corrected chi connectivity index (χ2v) is 7.63. The van der Waals surface area contributed by atoms with Crippen LogP contribution in [0.15, 0.2) is 12.3 Å². The molecule has 1 atom stereocenters. The molecular weight excluding hydrogens is 310 g/mol. The summed E-state index contributed by atoms with van der Waals surface area (Å²) in [6, 6.07) is 2.55. The Hall–Kier alpha value is -1.36. The fraction of sp³-hybridized carbons (Fsp3) is 0.800. The van der Waals surface area contributed by atoms with Crippen LogP contribution in [0.1, 0.15) is 64.7 Å². The third-order valence-corrected chi connectivity index (χ3v) is 5.49. The molecule has 0 bridgehead atoms. The summed E-state index contributed by atoms with van der Waals surface area (Å²) in [6.07, 6.45) is 13.6. The minimum absolute atomic E-state index is 0.481. The van der Waals surface area contributed by atoms with Crippen molar-refractivity contribution >= 4 is 11.8 Å². The summed E-state index contributed by atoms with van der Waals surface area (Å²) in [6.45, 7) is 8.14. The second-order valence-electron chi connectivity index (χ2n) is 7.63. The summed E-state index contributed by atoms with van der Waals surface area (Å²) in [5.41, 5.74) is 0. The van der Waals surface area contributed by atoms with E-state index in [2.05, 4.69) is 33.1 Å². The molecule has 0 spiro atoms. The van der Waals surface area contributed by atoms with Crippen molar-refractivity contribution in [3.63, 3.8) is 0 Å². The maximum Gasteiger partial charge on any atom is 0.224 e. The smallest absolute Gasteiger partial charge is 0.224 e. The Bertz CT molecular complexity index is 499.